The number of benzene rings is 1. The molecule has 1 amide bonds. The van der Waals surface area contributed by atoms with E-state index >= 15 is 0 Å². The second kappa shape index (κ2) is 8.32. The van der Waals surface area contributed by atoms with E-state index in [4.69, 9.17) is 9.05 Å². The quantitative estimate of drug-likeness (QED) is 0.500. The van der Waals surface area contributed by atoms with E-state index in [-0.39, 0.29) is 30.0 Å². The van der Waals surface area contributed by atoms with Crippen LogP contribution in [0.4, 0.5) is 0 Å². The van der Waals surface area contributed by atoms with Gasteiger partial charge in [0.15, 0.2) is 0 Å². The summed E-state index contributed by atoms with van der Waals surface area (Å²) in [4.78, 5) is 29.2. The van der Waals surface area contributed by atoms with Crippen molar-refractivity contribution in [3.8, 4) is 11.3 Å². The molecular weight excluding hydrogens is 386 g/mol. The highest BCUT2D eigenvalue weighted by Gasteiger charge is 2.16. The lowest BCUT2D eigenvalue weighted by molar-refractivity contribution is -0.121. The van der Waals surface area contributed by atoms with Crippen LogP contribution >= 0.6 is 0 Å². The first-order chi connectivity index (χ1) is 14.5. The van der Waals surface area contributed by atoms with Crippen LogP contribution < -0.4 is 10.9 Å². The minimum atomic E-state index is -0.363. The second-order valence-corrected chi connectivity index (χ2v) is 6.97. The molecular formula is C21H21N5O4. The van der Waals surface area contributed by atoms with Crippen LogP contribution in [0.3, 0.4) is 0 Å². The number of amides is 1. The Kier molecular flexibility index (Phi) is 5.42. The van der Waals surface area contributed by atoms with Gasteiger partial charge in [-0.2, -0.15) is 0 Å². The minimum absolute atomic E-state index is 0.0789. The predicted molar refractivity (Wildman–Crippen MR) is 109 cm³/mol. The number of carbonyl (C=O) groups is 1. The van der Waals surface area contributed by atoms with E-state index in [9.17, 15) is 9.59 Å². The van der Waals surface area contributed by atoms with E-state index in [0.717, 1.165) is 22.6 Å². The third-order valence-electron chi connectivity index (χ3n) is 4.95. The van der Waals surface area contributed by atoms with Gasteiger partial charge in [0.2, 0.25) is 5.91 Å². The maximum absolute atomic E-state index is 12.7. The van der Waals surface area contributed by atoms with Gasteiger partial charge in [-0.1, -0.05) is 40.6 Å². The van der Waals surface area contributed by atoms with Gasteiger partial charge in [-0.25, -0.2) is 4.98 Å². The molecule has 0 aliphatic rings. The van der Waals surface area contributed by atoms with Crippen LogP contribution in [0.5, 0.6) is 0 Å². The lowest BCUT2D eigenvalue weighted by atomic mass is 10.1. The van der Waals surface area contributed by atoms with Gasteiger partial charge < -0.3 is 14.4 Å². The highest BCUT2D eigenvalue weighted by Crippen LogP contribution is 2.23. The van der Waals surface area contributed by atoms with Gasteiger partial charge in [0, 0.05) is 30.6 Å². The Bertz CT molecular complexity index is 1220. The number of carbonyl (C=O) groups excluding carboxylic acids is 1. The normalized spacial score (nSPS) is 11.1. The third-order valence-corrected chi connectivity index (χ3v) is 4.95. The molecule has 0 radical (unpaired) electrons. The number of rotatable bonds is 7. The molecule has 0 spiro atoms. The molecule has 0 aliphatic carbocycles. The lowest BCUT2D eigenvalue weighted by Crippen LogP contribution is -2.29. The van der Waals surface area contributed by atoms with E-state index in [1.807, 2.05) is 44.2 Å². The highest BCUT2D eigenvalue weighted by molar-refractivity contribution is 5.87. The summed E-state index contributed by atoms with van der Waals surface area (Å²) in [6, 6.07) is 9.39. The van der Waals surface area contributed by atoms with E-state index in [2.05, 4.69) is 20.6 Å². The first-order valence-corrected chi connectivity index (χ1v) is 9.63. The number of aromatic nitrogens is 4. The molecule has 30 heavy (non-hydrogen) atoms. The fourth-order valence-corrected chi connectivity index (χ4v) is 3.30. The van der Waals surface area contributed by atoms with Crippen LogP contribution in [0.1, 0.15) is 23.4 Å². The Morgan fingerprint density at radius 1 is 1.13 bits per heavy atom. The van der Waals surface area contributed by atoms with Gasteiger partial charge in [-0.15, -0.1) is 0 Å². The molecule has 0 fully saturated rings. The van der Waals surface area contributed by atoms with Crippen molar-refractivity contribution in [3.63, 3.8) is 0 Å². The van der Waals surface area contributed by atoms with Crippen LogP contribution in [0.2, 0.25) is 0 Å². The molecule has 4 aromatic rings. The van der Waals surface area contributed by atoms with Gasteiger partial charge in [-0.05, 0) is 20.3 Å². The molecule has 1 aromatic carbocycles. The Morgan fingerprint density at radius 2 is 1.93 bits per heavy atom. The van der Waals surface area contributed by atoms with Crippen LogP contribution in [0.25, 0.3) is 22.4 Å². The van der Waals surface area contributed by atoms with Crippen LogP contribution in [0, 0.1) is 13.8 Å². The molecule has 4 rings (SSSR count). The van der Waals surface area contributed by atoms with E-state index in [1.165, 1.54) is 10.9 Å². The van der Waals surface area contributed by atoms with Crippen molar-refractivity contribution in [2.45, 2.75) is 33.2 Å². The molecule has 0 aliphatic heterocycles. The zero-order valence-corrected chi connectivity index (χ0v) is 16.7. The topological polar surface area (TPSA) is 116 Å². The average molecular weight is 407 g/mol. The van der Waals surface area contributed by atoms with Gasteiger partial charge in [0.1, 0.15) is 17.0 Å². The molecule has 1 N–H and O–H groups in total. The summed E-state index contributed by atoms with van der Waals surface area (Å²) < 4.78 is 11.7. The van der Waals surface area contributed by atoms with Crippen LogP contribution in [0.15, 0.2) is 50.5 Å². The molecule has 9 nitrogen and oxygen atoms in total. The fourth-order valence-electron chi connectivity index (χ4n) is 3.30. The average Bonchev–Trinajstić information content (AvgIpc) is 3.33. The van der Waals surface area contributed by atoms with Gasteiger partial charge in [0.05, 0.1) is 12.0 Å². The smallest absolute Gasteiger partial charge is 0.299 e. The molecule has 0 unspecified atom stereocenters. The van der Waals surface area contributed by atoms with Crippen molar-refractivity contribution >= 4 is 17.0 Å². The summed E-state index contributed by atoms with van der Waals surface area (Å²) in [7, 11) is 0. The monoisotopic (exact) mass is 407 g/mol. The van der Waals surface area contributed by atoms with Gasteiger partial charge in [-0.3, -0.25) is 14.2 Å². The Labute approximate surface area is 171 Å². The zero-order chi connectivity index (χ0) is 21.1. The van der Waals surface area contributed by atoms with Crippen molar-refractivity contribution in [1.29, 1.82) is 0 Å². The van der Waals surface area contributed by atoms with Gasteiger partial charge >= 0.3 is 0 Å². The van der Waals surface area contributed by atoms with Crippen molar-refractivity contribution in [1.82, 2.24) is 25.2 Å². The highest BCUT2D eigenvalue weighted by atomic mass is 16.5. The van der Waals surface area contributed by atoms with E-state index in [0.29, 0.717) is 24.2 Å². The third kappa shape index (κ3) is 3.86. The molecule has 154 valence electrons. The number of hydrogen-bond acceptors (Lipinski definition) is 7. The molecule has 3 aromatic heterocycles. The van der Waals surface area contributed by atoms with E-state index in [1.54, 1.807) is 0 Å². The standard InChI is InChI=1S/C21H21N5O4/c1-13-16(14(2)29-24-13)8-10-22-17(27)9-11-26-12-23-19-18(15-6-4-3-5-7-15)25-30-20(19)21(26)28/h3-7,12H,8-11H2,1-2H3,(H,22,27). The Balaban J connectivity index is 1.39. The molecule has 0 saturated heterocycles. The SMILES string of the molecule is Cc1noc(C)c1CCNC(=O)CCn1cnc2c(-c3ccccc3)noc2c1=O. The van der Waals surface area contributed by atoms with Gasteiger partial charge in [0.25, 0.3) is 11.1 Å². The zero-order valence-electron chi connectivity index (χ0n) is 16.7. The van der Waals surface area contributed by atoms with Crippen molar-refractivity contribution in [2.24, 2.45) is 0 Å². The van der Waals surface area contributed by atoms with Crippen LogP contribution in [-0.4, -0.2) is 32.3 Å². The molecule has 0 atom stereocenters. The number of nitrogens with zero attached hydrogens (tertiary/aromatic N) is 4. The first kappa shape index (κ1) is 19.6. The van der Waals surface area contributed by atoms with E-state index < -0.39 is 0 Å². The maximum atomic E-state index is 12.7. The summed E-state index contributed by atoms with van der Waals surface area (Å²) in [6.07, 6.45) is 2.21. The lowest BCUT2D eigenvalue weighted by Gasteiger charge is -2.07. The second-order valence-electron chi connectivity index (χ2n) is 6.97. The Morgan fingerprint density at radius 3 is 2.67 bits per heavy atom. The molecule has 3 heterocycles. The summed E-state index contributed by atoms with van der Waals surface area (Å²) in [5.41, 5.74) is 3.29. The first-order valence-electron chi connectivity index (χ1n) is 9.63. The minimum Gasteiger partial charge on any atom is -0.361 e. The largest absolute Gasteiger partial charge is 0.361 e. The Hall–Kier alpha value is -3.75. The number of hydrogen-bond donors (Lipinski definition) is 1. The van der Waals surface area contributed by atoms with Crippen LogP contribution in [-0.2, 0) is 17.8 Å². The summed E-state index contributed by atoms with van der Waals surface area (Å²) in [5.74, 6) is 0.603. The molecule has 9 heteroatoms. The van der Waals surface area contributed by atoms with Crippen molar-refractivity contribution in [2.75, 3.05) is 6.54 Å². The number of aryl methyl sites for hydroxylation is 3. The molecule has 0 bridgehead atoms. The molecule has 0 saturated carbocycles. The maximum Gasteiger partial charge on any atom is 0.299 e. The summed E-state index contributed by atoms with van der Waals surface area (Å²) in [5, 5.41) is 10.7. The van der Waals surface area contributed by atoms with Crippen molar-refractivity contribution < 1.29 is 13.8 Å². The van der Waals surface area contributed by atoms with Crippen molar-refractivity contribution in [3.05, 3.63) is 64.0 Å². The fraction of sp³-hybridized carbons (Fsp3) is 0.286. The summed E-state index contributed by atoms with van der Waals surface area (Å²) in [6.45, 7) is 4.38. The number of fused-ring (bicyclic) bond motifs is 1. The number of nitrogens with one attached hydrogen (secondary N) is 1. The predicted octanol–water partition coefficient (Wildman–Crippen LogP) is 2.41. The summed E-state index contributed by atoms with van der Waals surface area (Å²) >= 11 is 0.